The first-order chi connectivity index (χ1) is 10.9. The Morgan fingerprint density at radius 2 is 1.57 bits per heavy atom. The first-order valence-electron chi connectivity index (χ1n) is 8.11. The highest BCUT2D eigenvalue weighted by Crippen LogP contribution is 2.21. The molecule has 2 aromatic rings. The van der Waals surface area contributed by atoms with E-state index >= 15 is 0 Å². The standard InChI is InChI=1S/C20H27N3/c1-20(2,3)23-19(21)22-15-18(17-12-8-5-9-13-17)14-16-10-6-4-7-11-16/h4-13,18H,14-15H2,1-3H3,(H3,21,22,23). The summed E-state index contributed by atoms with van der Waals surface area (Å²) in [7, 11) is 0. The second-order valence-corrected chi connectivity index (χ2v) is 6.90. The third kappa shape index (κ3) is 6.15. The molecular formula is C20H27N3. The third-order valence-electron chi connectivity index (χ3n) is 3.58. The van der Waals surface area contributed by atoms with Gasteiger partial charge in [-0.15, -0.1) is 0 Å². The predicted octanol–water partition coefficient (Wildman–Crippen LogP) is 3.72. The van der Waals surface area contributed by atoms with Crippen molar-refractivity contribution in [2.24, 2.45) is 10.7 Å². The normalized spacial score (nSPS) is 13.6. The number of nitrogens with one attached hydrogen (secondary N) is 1. The fraction of sp³-hybridized carbons (Fsp3) is 0.350. The van der Waals surface area contributed by atoms with Crippen LogP contribution in [0.3, 0.4) is 0 Å². The summed E-state index contributed by atoms with van der Waals surface area (Å²) in [6, 6.07) is 21.1. The van der Waals surface area contributed by atoms with Crippen molar-refractivity contribution in [3.63, 3.8) is 0 Å². The maximum absolute atomic E-state index is 6.02. The van der Waals surface area contributed by atoms with Crippen LogP contribution in [0.15, 0.2) is 65.7 Å². The zero-order valence-corrected chi connectivity index (χ0v) is 14.3. The highest BCUT2D eigenvalue weighted by molar-refractivity contribution is 5.78. The smallest absolute Gasteiger partial charge is 0.189 e. The molecule has 3 nitrogen and oxygen atoms in total. The van der Waals surface area contributed by atoms with Gasteiger partial charge in [-0.1, -0.05) is 60.7 Å². The Balaban J connectivity index is 2.13. The third-order valence-corrected chi connectivity index (χ3v) is 3.58. The number of hydrogen-bond acceptors (Lipinski definition) is 1. The number of guanidine groups is 1. The van der Waals surface area contributed by atoms with Crippen LogP contribution in [0.5, 0.6) is 0 Å². The second kappa shape index (κ2) is 7.82. The van der Waals surface area contributed by atoms with Gasteiger partial charge in [-0.2, -0.15) is 0 Å². The minimum absolute atomic E-state index is 0.0741. The lowest BCUT2D eigenvalue weighted by atomic mass is 9.92. The average molecular weight is 309 g/mol. The van der Waals surface area contributed by atoms with Crippen LogP contribution in [-0.2, 0) is 6.42 Å². The van der Waals surface area contributed by atoms with E-state index in [1.807, 2.05) is 12.1 Å². The molecule has 0 fully saturated rings. The van der Waals surface area contributed by atoms with Gasteiger partial charge in [0.2, 0.25) is 0 Å². The van der Waals surface area contributed by atoms with Crippen LogP contribution in [0.25, 0.3) is 0 Å². The summed E-state index contributed by atoms with van der Waals surface area (Å²) >= 11 is 0. The lowest BCUT2D eigenvalue weighted by Gasteiger charge is -2.22. The molecule has 23 heavy (non-hydrogen) atoms. The molecule has 2 rings (SSSR count). The highest BCUT2D eigenvalue weighted by Gasteiger charge is 2.14. The van der Waals surface area contributed by atoms with Gasteiger partial charge >= 0.3 is 0 Å². The molecule has 122 valence electrons. The Morgan fingerprint density at radius 3 is 2.13 bits per heavy atom. The molecule has 0 aliphatic carbocycles. The first-order valence-corrected chi connectivity index (χ1v) is 8.11. The number of benzene rings is 2. The van der Waals surface area contributed by atoms with Crippen LogP contribution >= 0.6 is 0 Å². The monoisotopic (exact) mass is 309 g/mol. The SMILES string of the molecule is CC(C)(C)NC(N)=NCC(Cc1ccccc1)c1ccccc1. The summed E-state index contributed by atoms with van der Waals surface area (Å²) in [4.78, 5) is 4.57. The van der Waals surface area contributed by atoms with Crippen LogP contribution in [0.4, 0.5) is 0 Å². The molecule has 1 unspecified atom stereocenters. The van der Waals surface area contributed by atoms with E-state index in [-0.39, 0.29) is 5.54 Å². The molecule has 0 aliphatic heterocycles. The van der Waals surface area contributed by atoms with Crippen molar-refractivity contribution in [3.8, 4) is 0 Å². The summed E-state index contributed by atoms with van der Waals surface area (Å²) in [6.07, 6.45) is 0.956. The van der Waals surface area contributed by atoms with Crippen molar-refractivity contribution in [3.05, 3.63) is 71.8 Å². The summed E-state index contributed by atoms with van der Waals surface area (Å²) in [5.74, 6) is 0.824. The number of nitrogens with zero attached hydrogens (tertiary/aromatic N) is 1. The van der Waals surface area contributed by atoms with E-state index in [0.717, 1.165) is 6.42 Å². The Labute approximate surface area is 139 Å². The van der Waals surface area contributed by atoms with Crippen molar-refractivity contribution in [1.29, 1.82) is 0 Å². The van der Waals surface area contributed by atoms with E-state index in [2.05, 4.69) is 79.6 Å². The van der Waals surface area contributed by atoms with Gasteiger partial charge < -0.3 is 11.1 Å². The lowest BCUT2D eigenvalue weighted by Crippen LogP contribution is -2.45. The molecule has 0 amide bonds. The molecule has 0 bridgehead atoms. The molecule has 0 saturated heterocycles. The van der Waals surface area contributed by atoms with Gasteiger partial charge in [-0.3, -0.25) is 4.99 Å². The zero-order chi connectivity index (χ0) is 16.7. The Bertz CT molecular complexity index is 612. The minimum Gasteiger partial charge on any atom is -0.370 e. The molecule has 0 aliphatic rings. The highest BCUT2D eigenvalue weighted by atomic mass is 15.1. The maximum atomic E-state index is 6.02. The molecule has 0 spiro atoms. The molecular weight excluding hydrogens is 282 g/mol. The maximum Gasteiger partial charge on any atom is 0.189 e. The Morgan fingerprint density at radius 1 is 1.00 bits per heavy atom. The fourth-order valence-electron chi connectivity index (χ4n) is 2.54. The average Bonchev–Trinajstić information content (AvgIpc) is 2.51. The summed E-state index contributed by atoms with van der Waals surface area (Å²) < 4.78 is 0. The summed E-state index contributed by atoms with van der Waals surface area (Å²) in [5, 5.41) is 3.22. The van der Waals surface area contributed by atoms with E-state index in [1.165, 1.54) is 11.1 Å². The zero-order valence-electron chi connectivity index (χ0n) is 14.3. The molecule has 0 saturated carbocycles. The summed E-state index contributed by atoms with van der Waals surface area (Å²) in [6.45, 7) is 6.91. The van der Waals surface area contributed by atoms with E-state index in [0.29, 0.717) is 18.4 Å². The van der Waals surface area contributed by atoms with Crippen LogP contribution in [0.2, 0.25) is 0 Å². The van der Waals surface area contributed by atoms with E-state index in [4.69, 9.17) is 5.73 Å². The van der Waals surface area contributed by atoms with Gasteiger partial charge in [0.05, 0.1) is 0 Å². The van der Waals surface area contributed by atoms with Crippen LogP contribution in [0.1, 0.15) is 37.8 Å². The molecule has 0 radical (unpaired) electrons. The number of nitrogens with two attached hydrogens (primary N) is 1. The van der Waals surface area contributed by atoms with Gasteiger partial charge in [0.25, 0.3) is 0 Å². The minimum atomic E-state index is -0.0741. The fourth-order valence-corrected chi connectivity index (χ4v) is 2.54. The van der Waals surface area contributed by atoms with Gasteiger partial charge in [0, 0.05) is 18.0 Å². The van der Waals surface area contributed by atoms with Crippen molar-refractivity contribution in [2.45, 2.75) is 38.6 Å². The van der Waals surface area contributed by atoms with Gasteiger partial charge in [-0.05, 0) is 38.3 Å². The van der Waals surface area contributed by atoms with Crippen LogP contribution in [-0.4, -0.2) is 18.0 Å². The van der Waals surface area contributed by atoms with E-state index in [9.17, 15) is 0 Å². The molecule has 3 N–H and O–H groups in total. The van der Waals surface area contributed by atoms with Gasteiger partial charge in [0.15, 0.2) is 5.96 Å². The van der Waals surface area contributed by atoms with Crippen molar-refractivity contribution in [2.75, 3.05) is 6.54 Å². The van der Waals surface area contributed by atoms with E-state index < -0.39 is 0 Å². The molecule has 3 heteroatoms. The number of hydrogen-bond donors (Lipinski definition) is 2. The van der Waals surface area contributed by atoms with Crippen LogP contribution in [0, 0.1) is 0 Å². The predicted molar refractivity (Wildman–Crippen MR) is 98.7 cm³/mol. The number of rotatable bonds is 5. The van der Waals surface area contributed by atoms with E-state index in [1.54, 1.807) is 0 Å². The number of aliphatic imine (C=N–C) groups is 1. The Hall–Kier alpha value is -2.29. The molecule has 0 aromatic heterocycles. The molecule has 2 aromatic carbocycles. The van der Waals surface area contributed by atoms with Crippen molar-refractivity contribution < 1.29 is 0 Å². The molecule has 0 heterocycles. The lowest BCUT2D eigenvalue weighted by molar-refractivity contribution is 0.507. The van der Waals surface area contributed by atoms with Gasteiger partial charge in [-0.25, -0.2) is 0 Å². The largest absolute Gasteiger partial charge is 0.370 e. The first kappa shape index (κ1) is 17.1. The quantitative estimate of drug-likeness (QED) is 0.653. The molecule has 1 atom stereocenters. The van der Waals surface area contributed by atoms with Crippen molar-refractivity contribution >= 4 is 5.96 Å². The second-order valence-electron chi connectivity index (χ2n) is 6.90. The Kier molecular flexibility index (Phi) is 5.80. The summed E-state index contributed by atoms with van der Waals surface area (Å²) in [5.41, 5.74) is 8.56. The van der Waals surface area contributed by atoms with Gasteiger partial charge in [0.1, 0.15) is 0 Å². The van der Waals surface area contributed by atoms with Crippen molar-refractivity contribution in [1.82, 2.24) is 5.32 Å². The van der Waals surface area contributed by atoms with Crippen LogP contribution < -0.4 is 11.1 Å². The topological polar surface area (TPSA) is 50.4 Å².